The first kappa shape index (κ1) is 18.0. The van der Waals surface area contributed by atoms with Crippen molar-refractivity contribution in [2.75, 3.05) is 17.6 Å². The zero-order chi connectivity index (χ0) is 19.7. The van der Waals surface area contributed by atoms with Crippen LogP contribution in [0, 0.1) is 6.92 Å². The highest BCUT2D eigenvalue weighted by atomic mass is 16.2. The first-order valence-corrected chi connectivity index (χ1v) is 9.30. The number of nitrogen functional groups attached to an aromatic ring is 1. The predicted octanol–water partition coefficient (Wildman–Crippen LogP) is 2.54. The lowest BCUT2D eigenvalue weighted by molar-refractivity contribution is -0.145. The summed E-state index contributed by atoms with van der Waals surface area (Å²) in [6, 6.07) is 7.55. The van der Waals surface area contributed by atoms with Crippen molar-refractivity contribution in [3.63, 3.8) is 0 Å². The van der Waals surface area contributed by atoms with Gasteiger partial charge < -0.3 is 16.0 Å². The van der Waals surface area contributed by atoms with E-state index in [1.54, 1.807) is 24.1 Å². The first-order valence-electron chi connectivity index (χ1n) is 9.30. The molecule has 8 nitrogen and oxygen atoms in total. The molecule has 1 aliphatic rings. The largest absolute Gasteiger partial charge is 0.383 e. The lowest BCUT2D eigenvalue weighted by atomic mass is 9.94. The molecule has 4 rings (SSSR count). The number of rotatable bonds is 2. The molecule has 3 aromatic rings. The number of amides is 2. The van der Waals surface area contributed by atoms with Gasteiger partial charge in [0.2, 0.25) is 0 Å². The Kier molecular flexibility index (Phi) is 4.68. The van der Waals surface area contributed by atoms with Gasteiger partial charge >= 0.3 is 11.8 Å². The van der Waals surface area contributed by atoms with Gasteiger partial charge in [-0.15, -0.1) is 0 Å². The highest BCUT2D eigenvalue weighted by molar-refractivity contribution is 6.39. The third-order valence-electron chi connectivity index (χ3n) is 5.18. The summed E-state index contributed by atoms with van der Waals surface area (Å²) < 4.78 is 0. The summed E-state index contributed by atoms with van der Waals surface area (Å²) in [7, 11) is 0. The molecule has 144 valence electrons. The molecule has 0 aliphatic carbocycles. The maximum atomic E-state index is 12.9. The lowest BCUT2D eigenvalue weighted by Crippen LogP contribution is -2.44. The number of H-pyrrole nitrogens is 1. The van der Waals surface area contributed by atoms with Crippen molar-refractivity contribution in [1.82, 2.24) is 20.1 Å². The molecule has 0 bridgehead atoms. The number of aryl methyl sites for hydroxylation is 1. The number of hydrogen-bond acceptors (Lipinski definition) is 5. The number of piperidine rings is 1. The molecule has 0 saturated carbocycles. The van der Waals surface area contributed by atoms with Crippen LogP contribution in [0.4, 0.5) is 11.5 Å². The van der Waals surface area contributed by atoms with Gasteiger partial charge in [0.25, 0.3) is 0 Å². The van der Waals surface area contributed by atoms with E-state index >= 15 is 0 Å². The van der Waals surface area contributed by atoms with Gasteiger partial charge in [0, 0.05) is 11.9 Å². The van der Waals surface area contributed by atoms with Gasteiger partial charge in [-0.1, -0.05) is 6.07 Å². The van der Waals surface area contributed by atoms with E-state index in [0.717, 1.165) is 41.3 Å². The molecule has 2 amide bonds. The molecule has 1 aliphatic heterocycles. The van der Waals surface area contributed by atoms with Crippen LogP contribution in [0.15, 0.2) is 36.7 Å². The molecule has 28 heavy (non-hydrogen) atoms. The maximum absolute atomic E-state index is 12.9. The summed E-state index contributed by atoms with van der Waals surface area (Å²) in [5.74, 6) is -0.802. The Hall–Kier alpha value is -3.42. The van der Waals surface area contributed by atoms with Crippen LogP contribution in [-0.4, -0.2) is 38.4 Å². The number of fused-ring (bicyclic) bond motifs is 1. The van der Waals surface area contributed by atoms with E-state index in [4.69, 9.17) is 5.73 Å². The molecule has 2 aromatic heterocycles. The molecule has 0 radical (unpaired) electrons. The van der Waals surface area contributed by atoms with Gasteiger partial charge in [0.05, 0.1) is 29.6 Å². The zero-order valence-electron chi connectivity index (χ0n) is 15.6. The lowest BCUT2D eigenvalue weighted by Gasteiger charge is -2.35. The second kappa shape index (κ2) is 7.30. The van der Waals surface area contributed by atoms with E-state index in [-0.39, 0.29) is 6.04 Å². The number of likely N-dealkylation sites (tertiary alicyclic amines) is 1. The van der Waals surface area contributed by atoms with E-state index in [2.05, 4.69) is 20.5 Å². The average Bonchev–Trinajstić information content (AvgIpc) is 3.18. The molecular formula is C20H22N6O2. The van der Waals surface area contributed by atoms with E-state index < -0.39 is 11.8 Å². The molecular weight excluding hydrogens is 356 g/mol. The summed E-state index contributed by atoms with van der Waals surface area (Å²) in [6.07, 6.45) is 5.93. The molecule has 1 fully saturated rings. The second-order valence-electron chi connectivity index (χ2n) is 7.11. The van der Waals surface area contributed by atoms with Gasteiger partial charge in [-0.25, -0.2) is 4.98 Å². The minimum absolute atomic E-state index is 0.127. The Morgan fingerprint density at radius 3 is 2.93 bits per heavy atom. The molecule has 1 aromatic carbocycles. The SMILES string of the molecule is Cc1cc(NC(=O)C(=O)N2CCCC[C@@H]2c2ccc3[nH]ncc3c2)cnc1N. The fourth-order valence-electron chi connectivity index (χ4n) is 3.66. The van der Waals surface area contributed by atoms with Crippen molar-refractivity contribution in [1.29, 1.82) is 0 Å². The monoisotopic (exact) mass is 378 g/mol. The molecule has 0 spiro atoms. The molecule has 1 saturated heterocycles. The normalized spacial score (nSPS) is 16.9. The molecule has 1 atom stereocenters. The minimum Gasteiger partial charge on any atom is -0.383 e. The standard InChI is InChI=1S/C20H22N6O2/c1-12-8-15(11-22-18(12)21)24-19(27)20(28)26-7-3-2-4-17(26)13-5-6-16-14(9-13)10-23-25-16/h5-6,8-11,17H,2-4,7H2,1H3,(H2,21,22)(H,23,25)(H,24,27)/t17-/m1/s1. The first-order chi connectivity index (χ1) is 13.5. The number of benzene rings is 1. The van der Waals surface area contributed by atoms with Crippen molar-refractivity contribution < 1.29 is 9.59 Å². The van der Waals surface area contributed by atoms with E-state index in [1.165, 1.54) is 6.20 Å². The van der Waals surface area contributed by atoms with E-state index in [1.807, 2.05) is 18.2 Å². The smallest absolute Gasteiger partial charge is 0.313 e. The van der Waals surface area contributed by atoms with E-state index in [9.17, 15) is 9.59 Å². The molecule has 0 unspecified atom stereocenters. The number of anilines is 2. The Labute approximate surface area is 162 Å². The summed E-state index contributed by atoms with van der Waals surface area (Å²) >= 11 is 0. The number of hydrogen-bond donors (Lipinski definition) is 3. The third kappa shape index (κ3) is 3.40. The van der Waals surface area contributed by atoms with Crippen molar-refractivity contribution in [2.24, 2.45) is 0 Å². The summed E-state index contributed by atoms with van der Waals surface area (Å²) in [4.78, 5) is 31.2. The average molecular weight is 378 g/mol. The summed E-state index contributed by atoms with van der Waals surface area (Å²) in [6.45, 7) is 2.35. The van der Waals surface area contributed by atoms with Gasteiger partial charge in [-0.2, -0.15) is 5.10 Å². The van der Waals surface area contributed by atoms with Crippen molar-refractivity contribution in [2.45, 2.75) is 32.2 Å². The Morgan fingerprint density at radius 1 is 1.25 bits per heavy atom. The van der Waals surface area contributed by atoms with Gasteiger partial charge in [-0.3, -0.25) is 14.7 Å². The zero-order valence-corrected chi connectivity index (χ0v) is 15.6. The Bertz CT molecular complexity index is 1040. The highest BCUT2D eigenvalue weighted by Crippen LogP contribution is 2.32. The third-order valence-corrected chi connectivity index (χ3v) is 5.18. The molecule has 3 heterocycles. The van der Waals surface area contributed by atoms with Gasteiger partial charge in [0.1, 0.15) is 5.82 Å². The Morgan fingerprint density at radius 2 is 2.11 bits per heavy atom. The van der Waals surface area contributed by atoms with Crippen LogP contribution in [-0.2, 0) is 9.59 Å². The number of pyridine rings is 1. The van der Waals surface area contributed by atoms with Crippen LogP contribution >= 0.6 is 0 Å². The molecule has 4 N–H and O–H groups in total. The Balaban J connectivity index is 1.55. The number of nitrogens with one attached hydrogen (secondary N) is 2. The van der Waals surface area contributed by atoms with Crippen LogP contribution in [0.25, 0.3) is 10.9 Å². The second-order valence-corrected chi connectivity index (χ2v) is 7.11. The van der Waals surface area contributed by atoms with Crippen LogP contribution < -0.4 is 11.1 Å². The van der Waals surface area contributed by atoms with Crippen LogP contribution in [0.2, 0.25) is 0 Å². The number of nitrogens with zero attached hydrogens (tertiary/aromatic N) is 3. The number of aromatic amines is 1. The van der Waals surface area contributed by atoms with Crippen LogP contribution in [0.5, 0.6) is 0 Å². The predicted molar refractivity (Wildman–Crippen MR) is 106 cm³/mol. The van der Waals surface area contributed by atoms with Gasteiger partial charge in [-0.05, 0) is 55.5 Å². The van der Waals surface area contributed by atoms with Gasteiger partial charge in [0.15, 0.2) is 0 Å². The van der Waals surface area contributed by atoms with E-state index in [0.29, 0.717) is 18.1 Å². The fraction of sp³-hybridized carbons (Fsp3) is 0.300. The number of carbonyl (C=O) groups is 2. The van der Waals surface area contributed by atoms with Crippen molar-refractivity contribution in [3.05, 3.63) is 47.8 Å². The quantitative estimate of drug-likeness (QED) is 0.593. The van der Waals surface area contributed by atoms with Crippen LogP contribution in [0.3, 0.4) is 0 Å². The van der Waals surface area contributed by atoms with Crippen LogP contribution in [0.1, 0.15) is 36.4 Å². The maximum Gasteiger partial charge on any atom is 0.313 e. The molecule has 8 heteroatoms. The summed E-state index contributed by atoms with van der Waals surface area (Å²) in [5.41, 5.74) is 8.87. The fourth-order valence-corrected chi connectivity index (χ4v) is 3.66. The van der Waals surface area contributed by atoms with Crippen molar-refractivity contribution in [3.8, 4) is 0 Å². The topological polar surface area (TPSA) is 117 Å². The van der Waals surface area contributed by atoms with Crippen molar-refractivity contribution >= 4 is 34.2 Å². The number of nitrogens with two attached hydrogens (primary N) is 1. The minimum atomic E-state index is -0.665. The number of aromatic nitrogens is 3. The highest BCUT2D eigenvalue weighted by Gasteiger charge is 2.32. The summed E-state index contributed by atoms with van der Waals surface area (Å²) in [5, 5.41) is 10.6. The number of carbonyl (C=O) groups excluding carboxylic acids is 2.